The molecule has 1 spiro atoms. The van der Waals surface area contributed by atoms with Crippen LogP contribution >= 0.6 is 15.9 Å². The summed E-state index contributed by atoms with van der Waals surface area (Å²) in [6, 6.07) is 5.51. The van der Waals surface area contributed by atoms with Gasteiger partial charge >= 0.3 is 6.09 Å². The molecular formula is C16H20BrN3O3. The third kappa shape index (κ3) is 3.34. The zero-order valence-corrected chi connectivity index (χ0v) is 15.1. The van der Waals surface area contributed by atoms with E-state index < -0.39 is 5.60 Å². The molecule has 124 valence electrons. The SMILES string of the molecule is CC(C)(C)OC(=O)N1CC2(CC(=O)N(c3cccc(Br)n3)C2)C1. The summed E-state index contributed by atoms with van der Waals surface area (Å²) in [7, 11) is 0. The number of likely N-dealkylation sites (tertiary alicyclic amines) is 1. The largest absolute Gasteiger partial charge is 0.444 e. The lowest BCUT2D eigenvalue weighted by molar-refractivity contribution is -0.119. The minimum absolute atomic E-state index is 0.0550. The van der Waals surface area contributed by atoms with E-state index in [0.717, 1.165) is 0 Å². The smallest absolute Gasteiger partial charge is 0.410 e. The van der Waals surface area contributed by atoms with E-state index in [1.807, 2.05) is 39.0 Å². The topological polar surface area (TPSA) is 62.7 Å². The van der Waals surface area contributed by atoms with Crippen molar-refractivity contribution in [1.29, 1.82) is 0 Å². The van der Waals surface area contributed by atoms with Gasteiger partial charge in [-0.15, -0.1) is 0 Å². The monoisotopic (exact) mass is 381 g/mol. The molecule has 6 nitrogen and oxygen atoms in total. The number of amides is 2. The summed E-state index contributed by atoms with van der Waals surface area (Å²) < 4.78 is 6.07. The van der Waals surface area contributed by atoms with Crippen LogP contribution in [0.25, 0.3) is 0 Å². The van der Waals surface area contributed by atoms with Crippen LogP contribution in [0.1, 0.15) is 27.2 Å². The Labute approximate surface area is 143 Å². The highest BCUT2D eigenvalue weighted by Gasteiger charge is 2.53. The minimum atomic E-state index is -0.502. The molecule has 0 aliphatic carbocycles. The number of hydrogen-bond donors (Lipinski definition) is 0. The predicted octanol–water partition coefficient (Wildman–Crippen LogP) is 2.82. The lowest BCUT2D eigenvalue weighted by atomic mass is 9.79. The first-order chi connectivity index (χ1) is 10.7. The lowest BCUT2D eigenvalue weighted by Crippen LogP contribution is -2.60. The van der Waals surface area contributed by atoms with Gasteiger partial charge in [0, 0.05) is 31.5 Å². The molecule has 0 bridgehead atoms. The van der Waals surface area contributed by atoms with Crippen LogP contribution in [0.4, 0.5) is 10.6 Å². The number of nitrogens with zero attached hydrogens (tertiary/aromatic N) is 3. The van der Waals surface area contributed by atoms with Crippen LogP contribution < -0.4 is 4.90 Å². The highest BCUT2D eigenvalue weighted by Crippen LogP contribution is 2.42. The van der Waals surface area contributed by atoms with E-state index in [-0.39, 0.29) is 17.4 Å². The Morgan fingerprint density at radius 1 is 1.30 bits per heavy atom. The highest BCUT2D eigenvalue weighted by molar-refractivity contribution is 9.10. The number of carbonyl (C=O) groups excluding carboxylic acids is 2. The summed E-state index contributed by atoms with van der Waals surface area (Å²) >= 11 is 3.33. The van der Waals surface area contributed by atoms with Gasteiger partial charge in [-0.3, -0.25) is 9.69 Å². The van der Waals surface area contributed by atoms with Crippen molar-refractivity contribution in [3.05, 3.63) is 22.8 Å². The fraction of sp³-hybridized carbons (Fsp3) is 0.562. The molecule has 0 saturated carbocycles. The predicted molar refractivity (Wildman–Crippen MR) is 89.1 cm³/mol. The molecule has 2 saturated heterocycles. The van der Waals surface area contributed by atoms with Crippen molar-refractivity contribution < 1.29 is 14.3 Å². The Hall–Kier alpha value is -1.63. The van der Waals surface area contributed by atoms with Crippen molar-refractivity contribution in [2.75, 3.05) is 24.5 Å². The van der Waals surface area contributed by atoms with Gasteiger partial charge in [-0.25, -0.2) is 9.78 Å². The first-order valence-corrected chi connectivity index (χ1v) is 8.38. The number of halogens is 1. The summed E-state index contributed by atoms with van der Waals surface area (Å²) in [4.78, 5) is 32.1. The van der Waals surface area contributed by atoms with E-state index in [0.29, 0.717) is 36.5 Å². The average molecular weight is 382 g/mol. The molecule has 3 rings (SSSR count). The summed E-state index contributed by atoms with van der Waals surface area (Å²) in [6.07, 6.45) is 0.134. The molecule has 0 atom stereocenters. The number of anilines is 1. The molecule has 1 aromatic heterocycles. The first-order valence-electron chi connectivity index (χ1n) is 7.58. The number of hydrogen-bond acceptors (Lipinski definition) is 4. The van der Waals surface area contributed by atoms with Crippen LogP contribution in [-0.2, 0) is 9.53 Å². The molecule has 23 heavy (non-hydrogen) atoms. The molecule has 1 aromatic rings. The maximum atomic E-state index is 12.3. The Morgan fingerprint density at radius 2 is 2.00 bits per heavy atom. The standard InChI is InChI=1S/C16H20BrN3O3/c1-15(2,3)23-14(22)19-8-16(9-19)7-13(21)20(10-16)12-6-4-5-11(17)18-12/h4-6H,7-10H2,1-3H3. The number of pyridine rings is 1. The third-order valence-electron chi connectivity index (χ3n) is 4.00. The maximum Gasteiger partial charge on any atom is 0.410 e. The average Bonchev–Trinajstić information content (AvgIpc) is 2.73. The molecule has 0 aromatic carbocycles. The Morgan fingerprint density at radius 3 is 2.61 bits per heavy atom. The molecule has 0 unspecified atom stereocenters. The Bertz CT molecular complexity index is 650. The fourth-order valence-electron chi connectivity index (χ4n) is 3.08. The number of aromatic nitrogens is 1. The minimum Gasteiger partial charge on any atom is -0.444 e. The van der Waals surface area contributed by atoms with E-state index in [2.05, 4.69) is 20.9 Å². The van der Waals surface area contributed by atoms with Crippen molar-refractivity contribution in [3.63, 3.8) is 0 Å². The van der Waals surface area contributed by atoms with Gasteiger partial charge in [0.1, 0.15) is 16.0 Å². The zero-order valence-electron chi connectivity index (χ0n) is 13.5. The van der Waals surface area contributed by atoms with Gasteiger partial charge in [0.2, 0.25) is 5.91 Å². The van der Waals surface area contributed by atoms with Gasteiger partial charge in [-0.2, -0.15) is 0 Å². The van der Waals surface area contributed by atoms with Crippen LogP contribution in [0.5, 0.6) is 0 Å². The zero-order chi connectivity index (χ0) is 16.8. The fourth-order valence-corrected chi connectivity index (χ4v) is 3.42. The third-order valence-corrected chi connectivity index (χ3v) is 4.44. The van der Waals surface area contributed by atoms with Gasteiger partial charge in [0.05, 0.1) is 0 Å². The second-order valence-electron chi connectivity index (χ2n) is 7.31. The van der Waals surface area contributed by atoms with Crippen LogP contribution in [0, 0.1) is 5.41 Å². The van der Waals surface area contributed by atoms with Crippen LogP contribution in [0.3, 0.4) is 0 Å². The van der Waals surface area contributed by atoms with E-state index in [1.54, 1.807) is 9.80 Å². The molecule has 2 fully saturated rings. The van der Waals surface area contributed by atoms with Crippen molar-refractivity contribution in [3.8, 4) is 0 Å². The van der Waals surface area contributed by atoms with E-state index >= 15 is 0 Å². The second kappa shape index (κ2) is 5.47. The van der Waals surface area contributed by atoms with E-state index in [9.17, 15) is 9.59 Å². The van der Waals surface area contributed by atoms with Gasteiger partial charge in [-0.05, 0) is 48.8 Å². The van der Waals surface area contributed by atoms with Gasteiger partial charge in [0.25, 0.3) is 0 Å². The van der Waals surface area contributed by atoms with Gasteiger partial charge in [0.15, 0.2) is 0 Å². The summed E-state index contributed by atoms with van der Waals surface area (Å²) in [5.74, 6) is 0.705. The van der Waals surface area contributed by atoms with Gasteiger partial charge in [-0.1, -0.05) is 6.07 Å². The quantitative estimate of drug-likeness (QED) is 0.701. The lowest BCUT2D eigenvalue weighted by Gasteiger charge is -2.47. The Balaban J connectivity index is 1.64. The van der Waals surface area contributed by atoms with Crippen LogP contribution in [0.2, 0.25) is 0 Å². The van der Waals surface area contributed by atoms with E-state index in [1.165, 1.54) is 0 Å². The summed E-state index contributed by atoms with van der Waals surface area (Å²) in [5.41, 5.74) is -0.671. The number of rotatable bonds is 1. The molecule has 7 heteroatoms. The van der Waals surface area contributed by atoms with Crippen molar-refractivity contribution in [2.45, 2.75) is 32.8 Å². The summed E-state index contributed by atoms with van der Waals surface area (Å²) in [5, 5.41) is 0. The number of ether oxygens (including phenoxy) is 1. The Kier molecular flexibility index (Phi) is 3.86. The van der Waals surface area contributed by atoms with E-state index in [4.69, 9.17) is 4.74 Å². The molecule has 0 radical (unpaired) electrons. The first kappa shape index (κ1) is 16.2. The normalized spacial score (nSPS) is 19.9. The molecular weight excluding hydrogens is 362 g/mol. The van der Waals surface area contributed by atoms with Crippen LogP contribution in [0.15, 0.2) is 22.8 Å². The molecule has 2 amide bonds. The van der Waals surface area contributed by atoms with Crippen molar-refractivity contribution in [1.82, 2.24) is 9.88 Å². The van der Waals surface area contributed by atoms with Crippen LogP contribution in [-0.4, -0.2) is 47.1 Å². The molecule has 3 heterocycles. The molecule has 2 aliphatic heterocycles. The highest BCUT2D eigenvalue weighted by atomic mass is 79.9. The maximum absolute atomic E-state index is 12.3. The number of carbonyl (C=O) groups is 2. The molecule has 0 N–H and O–H groups in total. The van der Waals surface area contributed by atoms with Crippen molar-refractivity contribution in [2.24, 2.45) is 5.41 Å². The van der Waals surface area contributed by atoms with Crippen molar-refractivity contribution >= 4 is 33.7 Å². The van der Waals surface area contributed by atoms with Gasteiger partial charge < -0.3 is 9.64 Å². The molecule has 2 aliphatic rings. The second-order valence-corrected chi connectivity index (χ2v) is 8.12. The summed E-state index contributed by atoms with van der Waals surface area (Å²) in [6.45, 7) is 7.24.